The Hall–Kier alpha value is -3.25. The summed E-state index contributed by atoms with van der Waals surface area (Å²) in [6.07, 6.45) is 1.32. The van der Waals surface area contributed by atoms with Gasteiger partial charge in [0.25, 0.3) is 5.89 Å². The van der Waals surface area contributed by atoms with Crippen molar-refractivity contribution < 1.29 is 9.32 Å². The lowest BCUT2D eigenvalue weighted by Crippen LogP contribution is -1.99. The van der Waals surface area contributed by atoms with Gasteiger partial charge in [0.05, 0.1) is 5.69 Å². The average molecular weight is 421 g/mol. The molecule has 0 saturated carbocycles. The van der Waals surface area contributed by atoms with Gasteiger partial charge in [-0.3, -0.25) is 4.68 Å². The van der Waals surface area contributed by atoms with E-state index in [-0.39, 0.29) is 0 Å². The molecule has 0 aliphatic heterocycles. The van der Waals surface area contributed by atoms with Gasteiger partial charge in [-0.05, 0) is 61.7 Å². The first kappa shape index (κ1) is 20.0. The second-order valence-corrected chi connectivity index (χ2v) is 7.50. The Morgan fingerprint density at radius 3 is 2.53 bits per heavy atom. The monoisotopic (exact) mass is 420 g/mol. The van der Waals surface area contributed by atoms with Crippen molar-refractivity contribution in [3.8, 4) is 34.2 Å². The summed E-state index contributed by atoms with van der Waals surface area (Å²) >= 11 is 6.38. The summed E-state index contributed by atoms with van der Waals surface area (Å²) in [7, 11) is 0. The Labute approximate surface area is 179 Å². The van der Waals surface area contributed by atoms with Gasteiger partial charge in [-0.15, -0.1) is 0 Å². The van der Waals surface area contributed by atoms with Gasteiger partial charge in [0.2, 0.25) is 5.82 Å². The van der Waals surface area contributed by atoms with E-state index in [1.54, 1.807) is 0 Å². The summed E-state index contributed by atoms with van der Waals surface area (Å²) in [5.41, 5.74) is 6.31. The van der Waals surface area contributed by atoms with Gasteiger partial charge in [0.15, 0.2) is 5.69 Å². The number of hydrogen-bond donors (Lipinski definition) is 0. The lowest BCUT2D eigenvalue weighted by molar-refractivity contribution is -0.107. The molecule has 2 aromatic carbocycles. The fraction of sp³-hybridized carbons (Fsp3) is 0.217. The van der Waals surface area contributed by atoms with E-state index in [1.807, 2.05) is 67.9 Å². The number of carbonyl (C=O) groups is 1. The molecule has 0 amide bonds. The first-order valence-corrected chi connectivity index (χ1v) is 10.1. The SMILES string of the molecule is CCn1nc(-c2nc(-c3cc(C)c(CC=O)c(C)c3)no2)cc1-c1ccccc1Cl. The third kappa shape index (κ3) is 3.66. The first-order chi connectivity index (χ1) is 14.5. The second kappa shape index (κ2) is 8.24. The summed E-state index contributed by atoms with van der Waals surface area (Å²) in [4.78, 5) is 15.5. The summed E-state index contributed by atoms with van der Waals surface area (Å²) in [5.74, 6) is 0.831. The minimum atomic E-state index is 0.345. The van der Waals surface area contributed by atoms with Crippen LogP contribution in [0.15, 0.2) is 47.0 Å². The van der Waals surface area contributed by atoms with Gasteiger partial charge in [-0.1, -0.05) is 35.0 Å². The number of rotatable bonds is 6. The molecule has 0 aliphatic rings. The zero-order valence-electron chi connectivity index (χ0n) is 17.0. The van der Waals surface area contributed by atoms with Crippen LogP contribution in [0.5, 0.6) is 0 Å². The van der Waals surface area contributed by atoms with Crippen LogP contribution >= 0.6 is 11.6 Å². The minimum Gasteiger partial charge on any atom is -0.332 e. The fourth-order valence-corrected chi connectivity index (χ4v) is 3.85. The van der Waals surface area contributed by atoms with Gasteiger partial charge in [0, 0.05) is 29.1 Å². The van der Waals surface area contributed by atoms with Crippen LogP contribution in [0.1, 0.15) is 23.6 Å². The molecule has 0 unspecified atom stereocenters. The normalized spacial score (nSPS) is 11.1. The van der Waals surface area contributed by atoms with Crippen LogP contribution in [0.25, 0.3) is 34.2 Å². The van der Waals surface area contributed by atoms with Gasteiger partial charge in [0.1, 0.15) is 6.29 Å². The zero-order chi connectivity index (χ0) is 21.3. The molecule has 30 heavy (non-hydrogen) atoms. The van der Waals surface area contributed by atoms with E-state index < -0.39 is 0 Å². The van der Waals surface area contributed by atoms with Crippen molar-refractivity contribution in [3.63, 3.8) is 0 Å². The predicted octanol–water partition coefficient (Wildman–Crippen LogP) is 5.30. The Morgan fingerprint density at radius 2 is 1.87 bits per heavy atom. The Kier molecular flexibility index (Phi) is 5.50. The molecular weight excluding hydrogens is 400 g/mol. The molecule has 152 valence electrons. The number of aromatic nitrogens is 4. The molecule has 4 rings (SSSR count). The molecule has 6 nitrogen and oxygen atoms in total. The van der Waals surface area contributed by atoms with Crippen LogP contribution in [-0.2, 0) is 17.8 Å². The number of hydrogen-bond acceptors (Lipinski definition) is 5. The summed E-state index contributed by atoms with van der Waals surface area (Å²) < 4.78 is 7.38. The topological polar surface area (TPSA) is 73.8 Å². The molecule has 0 N–H and O–H groups in total. The molecule has 0 spiro atoms. The summed E-state index contributed by atoms with van der Waals surface area (Å²) in [6, 6.07) is 13.5. The van der Waals surface area contributed by atoms with Crippen molar-refractivity contribution >= 4 is 17.9 Å². The smallest absolute Gasteiger partial charge is 0.278 e. The molecule has 0 atom stereocenters. The van der Waals surface area contributed by atoms with E-state index in [0.717, 1.165) is 39.8 Å². The van der Waals surface area contributed by atoms with Crippen LogP contribution < -0.4 is 0 Å². The highest BCUT2D eigenvalue weighted by molar-refractivity contribution is 6.33. The van der Waals surface area contributed by atoms with Gasteiger partial charge >= 0.3 is 0 Å². The van der Waals surface area contributed by atoms with Crippen LogP contribution in [0.3, 0.4) is 0 Å². The highest BCUT2D eigenvalue weighted by atomic mass is 35.5. The lowest BCUT2D eigenvalue weighted by Gasteiger charge is -2.08. The third-order valence-electron chi connectivity index (χ3n) is 5.12. The number of nitrogens with zero attached hydrogens (tertiary/aromatic N) is 4. The molecule has 0 fully saturated rings. The summed E-state index contributed by atoms with van der Waals surface area (Å²) in [6.45, 7) is 6.66. The molecule has 0 radical (unpaired) electrons. The maximum absolute atomic E-state index is 10.9. The highest BCUT2D eigenvalue weighted by Crippen LogP contribution is 2.31. The molecule has 0 saturated heterocycles. The second-order valence-electron chi connectivity index (χ2n) is 7.09. The molecule has 2 aromatic heterocycles. The van der Waals surface area contributed by atoms with E-state index in [1.165, 1.54) is 0 Å². The van der Waals surface area contributed by atoms with E-state index >= 15 is 0 Å². The maximum atomic E-state index is 10.9. The first-order valence-electron chi connectivity index (χ1n) is 9.72. The van der Waals surface area contributed by atoms with Gasteiger partial charge in [-0.2, -0.15) is 10.1 Å². The van der Waals surface area contributed by atoms with Crippen molar-refractivity contribution in [1.82, 2.24) is 19.9 Å². The highest BCUT2D eigenvalue weighted by Gasteiger charge is 2.18. The van der Waals surface area contributed by atoms with Crippen LogP contribution in [-0.4, -0.2) is 26.2 Å². The molecular formula is C23H21ClN4O2. The fourth-order valence-electron chi connectivity index (χ4n) is 3.62. The minimum absolute atomic E-state index is 0.345. The molecule has 0 aliphatic carbocycles. The standard InChI is InChI=1S/C23H21ClN4O2/c1-4-28-21(18-7-5-6-8-19(18)24)13-20(26-28)23-25-22(27-30-23)16-11-14(2)17(9-10-29)15(3)12-16/h5-8,10-13H,4,9H2,1-3H3. The van der Waals surface area contributed by atoms with E-state index in [0.29, 0.717) is 35.4 Å². The summed E-state index contributed by atoms with van der Waals surface area (Å²) in [5, 5.41) is 9.42. The Morgan fingerprint density at radius 1 is 1.13 bits per heavy atom. The van der Waals surface area contributed by atoms with Crippen molar-refractivity contribution in [2.75, 3.05) is 0 Å². The average Bonchev–Trinajstić information content (AvgIpc) is 3.38. The van der Waals surface area contributed by atoms with E-state index in [4.69, 9.17) is 16.1 Å². The lowest BCUT2D eigenvalue weighted by atomic mass is 9.97. The Balaban J connectivity index is 1.72. The van der Waals surface area contributed by atoms with Crippen molar-refractivity contribution in [2.45, 2.75) is 33.7 Å². The van der Waals surface area contributed by atoms with Gasteiger partial charge < -0.3 is 9.32 Å². The zero-order valence-corrected chi connectivity index (χ0v) is 17.8. The molecule has 7 heteroatoms. The molecule has 0 bridgehead atoms. The number of aryl methyl sites for hydroxylation is 3. The quantitative estimate of drug-likeness (QED) is 0.396. The third-order valence-corrected chi connectivity index (χ3v) is 5.45. The number of halogens is 1. The van der Waals surface area contributed by atoms with Crippen molar-refractivity contribution in [1.29, 1.82) is 0 Å². The van der Waals surface area contributed by atoms with Crippen molar-refractivity contribution in [3.05, 3.63) is 64.2 Å². The molecule has 2 heterocycles. The van der Waals surface area contributed by atoms with Crippen LogP contribution in [0.2, 0.25) is 5.02 Å². The van der Waals surface area contributed by atoms with Crippen LogP contribution in [0.4, 0.5) is 0 Å². The predicted molar refractivity (Wildman–Crippen MR) is 116 cm³/mol. The van der Waals surface area contributed by atoms with Gasteiger partial charge in [-0.25, -0.2) is 0 Å². The number of benzene rings is 2. The van der Waals surface area contributed by atoms with Crippen LogP contribution in [0, 0.1) is 13.8 Å². The van der Waals surface area contributed by atoms with Crippen molar-refractivity contribution in [2.24, 2.45) is 0 Å². The molecule has 4 aromatic rings. The maximum Gasteiger partial charge on any atom is 0.278 e. The van der Waals surface area contributed by atoms with E-state index in [9.17, 15) is 4.79 Å². The Bertz CT molecular complexity index is 1200. The number of aldehydes is 1. The van der Waals surface area contributed by atoms with E-state index in [2.05, 4.69) is 15.2 Å². The largest absolute Gasteiger partial charge is 0.332 e. The number of carbonyl (C=O) groups excluding carboxylic acids is 1.